The Hall–Kier alpha value is 0.100. The highest BCUT2D eigenvalue weighted by Crippen LogP contribution is 2.40. The molecule has 4 heteroatoms. The Morgan fingerprint density at radius 3 is 2.89 bits per heavy atom. The zero-order valence-electron chi connectivity index (χ0n) is 12.0. The summed E-state index contributed by atoms with van der Waals surface area (Å²) in [5.74, 6) is 0.748. The molecule has 0 amide bonds. The molecule has 1 aliphatic carbocycles. The highest BCUT2D eigenvalue weighted by Gasteiger charge is 2.41. The maximum Gasteiger partial charge on any atom is 0.0701 e. The third-order valence-electron chi connectivity index (χ3n) is 4.82. The van der Waals surface area contributed by atoms with E-state index >= 15 is 0 Å². The van der Waals surface area contributed by atoms with E-state index in [1.54, 1.807) is 11.3 Å². The fourth-order valence-corrected chi connectivity index (χ4v) is 4.87. The van der Waals surface area contributed by atoms with E-state index in [9.17, 15) is 0 Å². The molecule has 0 aliphatic heterocycles. The van der Waals surface area contributed by atoms with Crippen LogP contribution in [-0.2, 0) is 6.54 Å². The van der Waals surface area contributed by atoms with Crippen molar-refractivity contribution in [1.29, 1.82) is 0 Å². The predicted octanol–water partition coefficient (Wildman–Crippen LogP) is 4.24. The van der Waals surface area contributed by atoms with Gasteiger partial charge < -0.3 is 5.73 Å². The van der Waals surface area contributed by atoms with Gasteiger partial charge in [-0.25, -0.2) is 0 Å². The van der Waals surface area contributed by atoms with Gasteiger partial charge in [0.25, 0.3) is 0 Å². The topological polar surface area (TPSA) is 29.3 Å². The summed E-state index contributed by atoms with van der Waals surface area (Å²) < 4.78 is 1.22. The lowest BCUT2D eigenvalue weighted by molar-refractivity contribution is 0.0178. The summed E-state index contributed by atoms with van der Waals surface area (Å²) in [7, 11) is 2.26. The first-order valence-electron chi connectivity index (χ1n) is 7.26. The molecule has 2 rings (SSSR count). The number of halogens is 1. The Morgan fingerprint density at radius 2 is 2.32 bits per heavy atom. The molecule has 2 nitrogen and oxygen atoms in total. The monoisotopic (exact) mass is 344 g/mol. The van der Waals surface area contributed by atoms with Crippen molar-refractivity contribution in [2.24, 2.45) is 11.7 Å². The van der Waals surface area contributed by atoms with Crippen LogP contribution in [0.25, 0.3) is 0 Å². The number of hydrogen-bond acceptors (Lipinski definition) is 3. The second-order valence-corrected chi connectivity index (χ2v) is 8.06. The molecule has 0 saturated heterocycles. The first-order valence-corrected chi connectivity index (χ1v) is 8.94. The molecular formula is C15H25BrN2S. The van der Waals surface area contributed by atoms with Crippen molar-refractivity contribution in [3.05, 3.63) is 20.8 Å². The van der Waals surface area contributed by atoms with E-state index in [0.717, 1.165) is 19.0 Å². The van der Waals surface area contributed by atoms with Gasteiger partial charge in [-0.05, 0) is 58.7 Å². The van der Waals surface area contributed by atoms with Crippen LogP contribution < -0.4 is 5.73 Å². The van der Waals surface area contributed by atoms with Crippen LogP contribution in [0.4, 0.5) is 0 Å². The summed E-state index contributed by atoms with van der Waals surface area (Å²) in [6, 6.07) is 2.23. The van der Waals surface area contributed by atoms with E-state index in [1.165, 1.54) is 41.5 Å². The van der Waals surface area contributed by atoms with Gasteiger partial charge in [0.2, 0.25) is 0 Å². The summed E-state index contributed by atoms with van der Waals surface area (Å²) in [6.07, 6.45) is 6.54. The highest BCUT2D eigenvalue weighted by molar-refractivity contribution is 9.11. The molecule has 2 unspecified atom stereocenters. The van der Waals surface area contributed by atoms with Crippen molar-refractivity contribution >= 4 is 27.3 Å². The zero-order valence-corrected chi connectivity index (χ0v) is 14.4. The third kappa shape index (κ3) is 3.23. The van der Waals surface area contributed by atoms with Crippen LogP contribution >= 0.6 is 27.3 Å². The SMILES string of the molecule is CCC1CCCCC1(CN)N(C)Cc1csc(Br)c1. The van der Waals surface area contributed by atoms with E-state index in [-0.39, 0.29) is 5.54 Å². The van der Waals surface area contributed by atoms with E-state index in [4.69, 9.17) is 5.73 Å². The standard InChI is InChI=1S/C15H25BrN2S/c1-3-13-6-4-5-7-15(13,11-17)18(2)9-12-8-14(16)19-10-12/h8,10,13H,3-7,9,11,17H2,1-2H3. The van der Waals surface area contributed by atoms with Gasteiger partial charge in [-0.3, -0.25) is 4.90 Å². The van der Waals surface area contributed by atoms with E-state index in [2.05, 4.69) is 46.2 Å². The molecule has 0 aromatic carbocycles. The molecule has 1 aromatic heterocycles. The average Bonchev–Trinajstić information content (AvgIpc) is 2.83. The Balaban J connectivity index is 2.14. The summed E-state index contributed by atoms with van der Waals surface area (Å²) in [5, 5.41) is 2.24. The van der Waals surface area contributed by atoms with Gasteiger partial charge in [0, 0.05) is 18.6 Å². The summed E-state index contributed by atoms with van der Waals surface area (Å²) >= 11 is 5.31. The van der Waals surface area contributed by atoms with Crippen LogP contribution in [0, 0.1) is 5.92 Å². The first-order chi connectivity index (χ1) is 9.12. The lowest BCUT2D eigenvalue weighted by Crippen LogP contribution is -2.58. The zero-order chi connectivity index (χ0) is 13.9. The smallest absolute Gasteiger partial charge is 0.0701 e. The molecule has 1 aliphatic rings. The van der Waals surface area contributed by atoms with Crippen LogP contribution in [0.2, 0.25) is 0 Å². The second-order valence-electron chi connectivity index (χ2n) is 5.77. The van der Waals surface area contributed by atoms with E-state index < -0.39 is 0 Å². The van der Waals surface area contributed by atoms with Crippen LogP contribution in [0.3, 0.4) is 0 Å². The van der Waals surface area contributed by atoms with Crippen molar-refractivity contribution in [3.63, 3.8) is 0 Å². The maximum atomic E-state index is 6.22. The number of nitrogens with zero attached hydrogens (tertiary/aromatic N) is 1. The minimum Gasteiger partial charge on any atom is -0.329 e. The highest BCUT2D eigenvalue weighted by atomic mass is 79.9. The van der Waals surface area contributed by atoms with Gasteiger partial charge in [-0.15, -0.1) is 11.3 Å². The lowest BCUT2D eigenvalue weighted by Gasteiger charge is -2.49. The number of likely N-dealkylation sites (N-methyl/N-ethyl adjacent to an activating group) is 1. The van der Waals surface area contributed by atoms with Crippen molar-refractivity contribution in [3.8, 4) is 0 Å². The normalized spacial score (nSPS) is 27.9. The Morgan fingerprint density at radius 1 is 1.53 bits per heavy atom. The fourth-order valence-electron chi connectivity index (χ4n) is 3.67. The molecule has 1 fully saturated rings. The third-order valence-corrected chi connectivity index (χ3v) is 6.37. The second kappa shape index (κ2) is 6.70. The minimum absolute atomic E-state index is 0.210. The van der Waals surface area contributed by atoms with Crippen molar-refractivity contribution in [2.45, 2.75) is 51.1 Å². The molecule has 0 radical (unpaired) electrons. The molecule has 2 atom stereocenters. The van der Waals surface area contributed by atoms with E-state index in [0.29, 0.717) is 0 Å². The van der Waals surface area contributed by atoms with Gasteiger partial charge in [0.1, 0.15) is 0 Å². The minimum atomic E-state index is 0.210. The molecular weight excluding hydrogens is 320 g/mol. The number of thiophene rings is 1. The Kier molecular flexibility index (Phi) is 5.46. The quantitative estimate of drug-likeness (QED) is 0.865. The molecule has 0 spiro atoms. The summed E-state index contributed by atoms with van der Waals surface area (Å²) in [4.78, 5) is 2.52. The average molecular weight is 345 g/mol. The van der Waals surface area contributed by atoms with Gasteiger partial charge >= 0.3 is 0 Å². The van der Waals surface area contributed by atoms with E-state index in [1.807, 2.05) is 0 Å². The lowest BCUT2D eigenvalue weighted by atomic mass is 9.70. The molecule has 108 valence electrons. The van der Waals surface area contributed by atoms with Crippen LogP contribution in [-0.4, -0.2) is 24.0 Å². The fraction of sp³-hybridized carbons (Fsp3) is 0.733. The Labute approximate surface area is 129 Å². The molecule has 2 N–H and O–H groups in total. The van der Waals surface area contributed by atoms with Crippen LogP contribution in [0.1, 0.15) is 44.6 Å². The maximum absolute atomic E-state index is 6.22. The van der Waals surface area contributed by atoms with Crippen molar-refractivity contribution in [1.82, 2.24) is 4.90 Å². The van der Waals surface area contributed by atoms with Crippen LogP contribution in [0.15, 0.2) is 15.2 Å². The molecule has 1 heterocycles. The summed E-state index contributed by atoms with van der Waals surface area (Å²) in [5.41, 5.74) is 7.82. The molecule has 19 heavy (non-hydrogen) atoms. The number of hydrogen-bond donors (Lipinski definition) is 1. The number of rotatable bonds is 5. The molecule has 1 saturated carbocycles. The predicted molar refractivity (Wildman–Crippen MR) is 87.5 cm³/mol. The van der Waals surface area contributed by atoms with Gasteiger partial charge in [0.15, 0.2) is 0 Å². The van der Waals surface area contributed by atoms with Crippen molar-refractivity contribution < 1.29 is 0 Å². The Bertz CT molecular complexity index is 407. The molecule has 0 bridgehead atoms. The van der Waals surface area contributed by atoms with Gasteiger partial charge in [-0.2, -0.15) is 0 Å². The van der Waals surface area contributed by atoms with Gasteiger partial charge in [0.05, 0.1) is 3.79 Å². The van der Waals surface area contributed by atoms with Crippen LogP contribution in [0.5, 0.6) is 0 Å². The van der Waals surface area contributed by atoms with Gasteiger partial charge in [-0.1, -0.05) is 26.2 Å². The number of nitrogens with two attached hydrogens (primary N) is 1. The van der Waals surface area contributed by atoms with Crippen molar-refractivity contribution in [2.75, 3.05) is 13.6 Å². The largest absolute Gasteiger partial charge is 0.329 e. The first kappa shape index (κ1) is 15.5. The summed E-state index contributed by atoms with van der Waals surface area (Å²) in [6.45, 7) is 4.11. The molecule has 1 aromatic rings.